The molecule has 3 N–H and O–H groups in total. The maximum absolute atomic E-state index is 12.7. The summed E-state index contributed by atoms with van der Waals surface area (Å²) in [6, 6.07) is 6.02. The van der Waals surface area contributed by atoms with Crippen LogP contribution in [0, 0.1) is 12.7 Å². The summed E-state index contributed by atoms with van der Waals surface area (Å²) in [5.41, 5.74) is 7.17. The Morgan fingerprint density at radius 1 is 1.19 bits per heavy atom. The monoisotopic (exact) mass is 218 g/mol. The first-order chi connectivity index (χ1) is 7.66. The van der Waals surface area contributed by atoms with Gasteiger partial charge >= 0.3 is 0 Å². The molecule has 82 valence electrons. The minimum absolute atomic E-state index is 0.274. The third kappa shape index (κ3) is 2.08. The zero-order chi connectivity index (χ0) is 11.5. The number of benzene rings is 1. The van der Waals surface area contributed by atoms with Crippen molar-refractivity contribution in [2.75, 3.05) is 11.1 Å². The first-order valence-electron chi connectivity index (χ1n) is 4.76. The van der Waals surface area contributed by atoms with Crippen molar-refractivity contribution in [3.05, 3.63) is 42.0 Å². The quantitative estimate of drug-likeness (QED) is 0.811. The van der Waals surface area contributed by atoms with Gasteiger partial charge in [-0.15, -0.1) is 0 Å². The number of nitrogens with one attached hydrogen (secondary N) is 1. The Labute approximate surface area is 92.3 Å². The Hall–Kier alpha value is -2.17. The van der Waals surface area contributed by atoms with Gasteiger partial charge in [0.25, 0.3) is 0 Å². The van der Waals surface area contributed by atoms with E-state index in [-0.39, 0.29) is 5.82 Å². The van der Waals surface area contributed by atoms with E-state index in [1.54, 1.807) is 12.1 Å². The summed E-state index contributed by atoms with van der Waals surface area (Å²) in [5.74, 6) is 0.781. The van der Waals surface area contributed by atoms with Gasteiger partial charge in [-0.2, -0.15) is 0 Å². The Bertz CT molecular complexity index is 496. The molecule has 0 fully saturated rings. The molecule has 0 saturated heterocycles. The SMILES string of the molecule is Cc1c(N)ncnc1Nc1ccc(F)cc1. The Morgan fingerprint density at radius 3 is 2.56 bits per heavy atom. The van der Waals surface area contributed by atoms with Crippen LogP contribution in [0.4, 0.5) is 21.7 Å². The molecule has 1 heterocycles. The van der Waals surface area contributed by atoms with Crippen molar-refractivity contribution in [1.29, 1.82) is 0 Å². The lowest BCUT2D eigenvalue weighted by Crippen LogP contribution is -2.01. The number of rotatable bonds is 2. The minimum Gasteiger partial charge on any atom is -0.383 e. The number of hydrogen-bond acceptors (Lipinski definition) is 4. The second-order valence-electron chi connectivity index (χ2n) is 3.36. The van der Waals surface area contributed by atoms with E-state index in [1.807, 2.05) is 6.92 Å². The van der Waals surface area contributed by atoms with Crippen molar-refractivity contribution in [1.82, 2.24) is 9.97 Å². The molecule has 0 saturated carbocycles. The smallest absolute Gasteiger partial charge is 0.138 e. The van der Waals surface area contributed by atoms with Crippen molar-refractivity contribution in [3.8, 4) is 0 Å². The van der Waals surface area contributed by atoms with Gasteiger partial charge in [0.05, 0.1) is 0 Å². The highest BCUT2D eigenvalue weighted by Crippen LogP contribution is 2.20. The van der Waals surface area contributed by atoms with Gasteiger partial charge in [-0.05, 0) is 31.2 Å². The predicted octanol–water partition coefficient (Wildman–Crippen LogP) is 2.25. The first kappa shape index (κ1) is 10.4. The number of halogens is 1. The van der Waals surface area contributed by atoms with E-state index in [4.69, 9.17) is 5.73 Å². The fourth-order valence-corrected chi connectivity index (χ4v) is 1.26. The van der Waals surface area contributed by atoms with Crippen molar-refractivity contribution >= 4 is 17.3 Å². The molecule has 0 aliphatic heterocycles. The number of hydrogen-bond donors (Lipinski definition) is 2. The lowest BCUT2D eigenvalue weighted by molar-refractivity contribution is 0.628. The maximum Gasteiger partial charge on any atom is 0.138 e. The lowest BCUT2D eigenvalue weighted by atomic mass is 10.2. The van der Waals surface area contributed by atoms with Gasteiger partial charge in [0.2, 0.25) is 0 Å². The number of nitrogens with zero attached hydrogens (tertiary/aromatic N) is 2. The molecule has 0 bridgehead atoms. The van der Waals surface area contributed by atoms with Crippen molar-refractivity contribution in [3.63, 3.8) is 0 Å². The van der Waals surface area contributed by atoms with Gasteiger partial charge in [-0.1, -0.05) is 0 Å². The van der Waals surface area contributed by atoms with E-state index in [2.05, 4.69) is 15.3 Å². The zero-order valence-corrected chi connectivity index (χ0v) is 8.74. The van der Waals surface area contributed by atoms with Crippen LogP contribution in [0.2, 0.25) is 0 Å². The van der Waals surface area contributed by atoms with Crippen LogP contribution in [-0.4, -0.2) is 9.97 Å². The molecule has 0 aliphatic rings. The molecule has 2 rings (SSSR count). The van der Waals surface area contributed by atoms with Crippen molar-refractivity contribution in [2.24, 2.45) is 0 Å². The van der Waals surface area contributed by atoms with Crippen LogP contribution in [0.3, 0.4) is 0 Å². The summed E-state index contributed by atoms with van der Waals surface area (Å²) >= 11 is 0. The summed E-state index contributed by atoms with van der Waals surface area (Å²) in [6.45, 7) is 1.82. The van der Waals surface area contributed by atoms with E-state index in [1.165, 1.54) is 18.5 Å². The number of aromatic nitrogens is 2. The topological polar surface area (TPSA) is 63.8 Å². The van der Waals surface area contributed by atoms with Crippen LogP contribution < -0.4 is 11.1 Å². The van der Waals surface area contributed by atoms with Crippen LogP contribution in [0.1, 0.15) is 5.56 Å². The molecule has 0 aliphatic carbocycles. The van der Waals surface area contributed by atoms with Crippen molar-refractivity contribution in [2.45, 2.75) is 6.92 Å². The summed E-state index contributed by atoms with van der Waals surface area (Å²) < 4.78 is 12.7. The third-order valence-corrected chi connectivity index (χ3v) is 2.23. The molecular weight excluding hydrogens is 207 g/mol. The Morgan fingerprint density at radius 2 is 1.88 bits per heavy atom. The van der Waals surface area contributed by atoms with Crippen LogP contribution >= 0.6 is 0 Å². The molecule has 4 nitrogen and oxygen atoms in total. The standard InChI is InChI=1S/C11H11FN4/c1-7-10(13)14-6-15-11(7)16-9-4-2-8(12)3-5-9/h2-6H,1H3,(H3,13,14,15,16). The normalized spacial score (nSPS) is 10.1. The molecule has 1 aromatic carbocycles. The summed E-state index contributed by atoms with van der Waals surface area (Å²) in [7, 11) is 0. The highest BCUT2D eigenvalue weighted by atomic mass is 19.1. The molecule has 2 aromatic rings. The summed E-state index contributed by atoms with van der Waals surface area (Å²) in [4.78, 5) is 7.92. The van der Waals surface area contributed by atoms with Gasteiger partial charge in [0.1, 0.15) is 23.8 Å². The fourth-order valence-electron chi connectivity index (χ4n) is 1.26. The Balaban J connectivity index is 2.27. The van der Waals surface area contributed by atoms with Crippen LogP contribution in [0.25, 0.3) is 0 Å². The predicted molar refractivity (Wildman–Crippen MR) is 60.9 cm³/mol. The highest BCUT2D eigenvalue weighted by Gasteiger charge is 2.04. The highest BCUT2D eigenvalue weighted by molar-refractivity contribution is 5.62. The number of nitrogens with two attached hydrogens (primary N) is 1. The second kappa shape index (κ2) is 4.14. The van der Waals surface area contributed by atoms with E-state index >= 15 is 0 Å². The van der Waals surface area contributed by atoms with E-state index < -0.39 is 0 Å². The molecule has 1 aromatic heterocycles. The third-order valence-electron chi connectivity index (χ3n) is 2.23. The van der Waals surface area contributed by atoms with Gasteiger partial charge in [-0.25, -0.2) is 14.4 Å². The van der Waals surface area contributed by atoms with Crippen LogP contribution in [0.5, 0.6) is 0 Å². The average Bonchev–Trinajstić information content (AvgIpc) is 2.28. The number of anilines is 3. The molecule has 16 heavy (non-hydrogen) atoms. The first-order valence-corrected chi connectivity index (χ1v) is 4.76. The molecule has 5 heteroatoms. The molecule has 0 amide bonds. The summed E-state index contributed by atoms with van der Waals surface area (Å²) in [6.07, 6.45) is 1.38. The van der Waals surface area contributed by atoms with Crippen molar-refractivity contribution < 1.29 is 4.39 Å². The Kier molecular flexibility index (Phi) is 2.68. The molecule has 0 radical (unpaired) electrons. The van der Waals surface area contributed by atoms with Gasteiger partial charge in [-0.3, -0.25) is 0 Å². The second-order valence-corrected chi connectivity index (χ2v) is 3.36. The zero-order valence-electron chi connectivity index (χ0n) is 8.74. The van der Waals surface area contributed by atoms with Gasteiger partial charge < -0.3 is 11.1 Å². The van der Waals surface area contributed by atoms with E-state index in [0.717, 1.165) is 11.3 Å². The van der Waals surface area contributed by atoms with Crippen LogP contribution in [0.15, 0.2) is 30.6 Å². The fraction of sp³-hybridized carbons (Fsp3) is 0.0909. The summed E-state index contributed by atoms with van der Waals surface area (Å²) in [5, 5.41) is 3.04. The molecule has 0 atom stereocenters. The van der Waals surface area contributed by atoms with Gasteiger partial charge in [0, 0.05) is 11.3 Å². The van der Waals surface area contributed by atoms with E-state index in [0.29, 0.717) is 11.6 Å². The average molecular weight is 218 g/mol. The largest absolute Gasteiger partial charge is 0.383 e. The lowest BCUT2D eigenvalue weighted by Gasteiger charge is -2.08. The maximum atomic E-state index is 12.7. The van der Waals surface area contributed by atoms with Gasteiger partial charge in [0.15, 0.2) is 0 Å². The molecule has 0 unspecified atom stereocenters. The van der Waals surface area contributed by atoms with Crippen LogP contribution in [-0.2, 0) is 0 Å². The minimum atomic E-state index is -0.274. The number of nitrogen functional groups attached to an aromatic ring is 1. The van der Waals surface area contributed by atoms with E-state index in [9.17, 15) is 4.39 Å². The molecular formula is C11H11FN4. The molecule has 0 spiro atoms.